The summed E-state index contributed by atoms with van der Waals surface area (Å²) in [6.45, 7) is 6.70. The highest BCUT2D eigenvalue weighted by Crippen LogP contribution is 2.18. The van der Waals surface area contributed by atoms with E-state index in [0.717, 1.165) is 50.7 Å². The van der Waals surface area contributed by atoms with E-state index < -0.39 is 0 Å². The van der Waals surface area contributed by atoms with E-state index in [9.17, 15) is 4.79 Å². The molecule has 0 spiro atoms. The number of rotatable bonds is 7. The molecule has 7 heteroatoms. The lowest BCUT2D eigenvalue weighted by Crippen LogP contribution is -2.54. The maximum absolute atomic E-state index is 11.9. The number of piperazine rings is 1. The van der Waals surface area contributed by atoms with Crippen molar-refractivity contribution in [2.75, 3.05) is 46.3 Å². The highest BCUT2D eigenvalue weighted by Gasteiger charge is 2.26. The van der Waals surface area contributed by atoms with Crippen molar-refractivity contribution in [1.29, 1.82) is 0 Å². The quantitative estimate of drug-likeness (QED) is 0.550. The van der Waals surface area contributed by atoms with Crippen molar-refractivity contribution >= 4 is 11.9 Å². The van der Waals surface area contributed by atoms with Crippen LogP contribution in [0.15, 0.2) is 35.3 Å². The number of hydrogen-bond acceptors (Lipinski definition) is 4. The molecule has 1 atom stereocenters. The van der Waals surface area contributed by atoms with E-state index in [1.807, 2.05) is 37.3 Å². The number of nitrogens with one attached hydrogen (secondary N) is 2. The molecule has 2 N–H and O–H groups in total. The van der Waals surface area contributed by atoms with Crippen LogP contribution in [-0.2, 0) is 4.79 Å². The Morgan fingerprint density at radius 3 is 2.56 bits per heavy atom. The topological polar surface area (TPSA) is 69.2 Å². The molecular formula is C20H31N5O2. The van der Waals surface area contributed by atoms with Gasteiger partial charge in [-0.25, -0.2) is 0 Å². The normalized spacial score (nSPS) is 19.5. The minimum absolute atomic E-state index is 0.0385. The summed E-state index contributed by atoms with van der Waals surface area (Å²) >= 11 is 0. The van der Waals surface area contributed by atoms with Gasteiger partial charge in [-0.3, -0.25) is 14.7 Å². The molecule has 1 aliphatic heterocycles. The summed E-state index contributed by atoms with van der Waals surface area (Å²) in [5.74, 6) is 1.92. The van der Waals surface area contributed by atoms with E-state index in [0.29, 0.717) is 19.1 Å². The van der Waals surface area contributed by atoms with E-state index >= 15 is 0 Å². The fourth-order valence-electron chi connectivity index (χ4n) is 3.16. The summed E-state index contributed by atoms with van der Waals surface area (Å²) < 4.78 is 5.91. The van der Waals surface area contributed by atoms with Gasteiger partial charge in [-0.1, -0.05) is 18.2 Å². The number of benzene rings is 1. The van der Waals surface area contributed by atoms with Crippen LogP contribution in [0.25, 0.3) is 0 Å². The third kappa shape index (κ3) is 6.43. The molecule has 1 aromatic carbocycles. The lowest BCUT2D eigenvalue weighted by atomic mass is 10.3. The minimum Gasteiger partial charge on any atom is -0.489 e. The van der Waals surface area contributed by atoms with Crippen LogP contribution < -0.4 is 15.4 Å². The second-order valence-electron chi connectivity index (χ2n) is 7.27. The fourth-order valence-corrected chi connectivity index (χ4v) is 3.16. The van der Waals surface area contributed by atoms with Crippen molar-refractivity contribution in [1.82, 2.24) is 20.4 Å². The molecule has 1 heterocycles. The minimum atomic E-state index is 0.0385. The van der Waals surface area contributed by atoms with Crippen molar-refractivity contribution in [2.45, 2.75) is 31.9 Å². The monoisotopic (exact) mass is 373 g/mol. The second kappa shape index (κ2) is 9.60. The number of carbonyl (C=O) groups is 1. The van der Waals surface area contributed by atoms with E-state index in [-0.39, 0.29) is 12.0 Å². The SMILES string of the molecule is CN=C(NCC(C)Oc1ccccc1)N1CCN(CC(=O)NC2CC2)CC1. The zero-order chi connectivity index (χ0) is 19.1. The number of guanidine groups is 1. The lowest BCUT2D eigenvalue weighted by Gasteiger charge is -2.36. The molecule has 0 bridgehead atoms. The van der Waals surface area contributed by atoms with Gasteiger partial charge in [0.1, 0.15) is 11.9 Å². The van der Waals surface area contributed by atoms with Gasteiger partial charge in [0.15, 0.2) is 5.96 Å². The van der Waals surface area contributed by atoms with Gasteiger partial charge >= 0.3 is 0 Å². The number of ether oxygens (including phenoxy) is 1. The van der Waals surface area contributed by atoms with Crippen LogP contribution in [0.4, 0.5) is 0 Å². The van der Waals surface area contributed by atoms with Crippen LogP contribution in [0.2, 0.25) is 0 Å². The molecule has 1 unspecified atom stereocenters. The zero-order valence-corrected chi connectivity index (χ0v) is 16.4. The molecule has 7 nitrogen and oxygen atoms in total. The summed E-state index contributed by atoms with van der Waals surface area (Å²) in [6.07, 6.45) is 2.30. The Labute approximate surface area is 161 Å². The average molecular weight is 374 g/mol. The highest BCUT2D eigenvalue weighted by molar-refractivity contribution is 5.80. The first-order valence-electron chi connectivity index (χ1n) is 9.83. The molecule has 3 rings (SSSR count). The van der Waals surface area contributed by atoms with E-state index in [1.54, 1.807) is 7.05 Å². The molecule has 148 valence electrons. The number of amides is 1. The Morgan fingerprint density at radius 2 is 1.93 bits per heavy atom. The van der Waals surface area contributed by atoms with Crippen LogP contribution in [0, 0.1) is 0 Å². The summed E-state index contributed by atoms with van der Waals surface area (Å²) in [5, 5.41) is 6.46. The molecule has 2 fully saturated rings. The molecule has 1 aromatic rings. The first kappa shape index (κ1) is 19.5. The third-order valence-electron chi connectivity index (χ3n) is 4.82. The van der Waals surface area contributed by atoms with Crippen LogP contribution in [0.5, 0.6) is 5.75 Å². The summed E-state index contributed by atoms with van der Waals surface area (Å²) in [7, 11) is 1.81. The first-order chi connectivity index (χ1) is 13.1. The Bertz CT molecular complexity index is 625. The van der Waals surface area contributed by atoms with Crippen molar-refractivity contribution < 1.29 is 9.53 Å². The third-order valence-corrected chi connectivity index (χ3v) is 4.82. The number of aliphatic imine (C=N–C) groups is 1. The molecule has 1 amide bonds. The first-order valence-corrected chi connectivity index (χ1v) is 9.83. The number of nitrogens with zero attached hydrogens (tertiary/aromatic N) is 3. The van der Waals surface area contributed by atoms with E-state index in [2.05, 4.69) is 25.4 Å². The lowest BCUT2D eigenvalue weighted by molar-refractivity contribution is -0.122. The Hall–Kier alpha value is -2.28. The molecule has 1 aliphatic carbocycles. The van der Waals surface area contributed by atoms with Crippen LogP contribution >= 0.6 is 0 Å². The van der Waals surface area contributed by atoms with Crippen molar-refractivity contribution in [3.05, 3.63) is 30.3 Å². The van der Waals surface area contributed by atoms with Gasteiger partial charge in [0.25, 0.3) is 0 Å². The standard InChI is InChI=1S/C20H31N5O2/c1-16(27-18-6-4-3-5-7-18)14-22-20(21-2)25-12-10-24(11-13-25)15-19(26)23-17-8-9-17/h3-7,16-17H,8-15H2,1-2H3,(H,21,22)(H,23,26). The maximum Gasteiger partial charge on any atom is 0.234 e. The maximum atomic E-state index is 11.9. The highest BCUT2D eigenvalue weighted by atomic mass is 16.5. The van der Waals surface area contributed by atoms with Gasteiger partial charge in [0.05, 0.1) is 13.1 Å². The molecule has 27 heavy (non-hydrogen) atoms. The number of para-hydroxylation sites is 1. The van der Waals surface area contributed by atoms with Gasteiger partial charge in [-0.05, 0) is 31.9 Å². The Kier molecular flexibility index (Phi) is 6.92. The number of carbonyl (C=O) groups excluding carboxylic acids is 1. The largest absolute Gasteiger partial charge is 0.489 e. The average Bonchev–Trinajstić information content (AvgIpc) is 3.48. The second-order valence-corrected chi connectivity index (χ2v) is 7.27. The van der Waals surface area contributed by atoms with Crippen LogP contribution in [0.3, 0.4) is 0 Å². The van der Waals surface area contributed by atoms with Gasteiger partial charge in [-0.2, -0.15) is 0 Å². The fraction of sp³-hybridized carbons (Fsp3) is 0.600. The van der Waals surface area contributed by atoms with Crippen molar-refractivity contribution in [3.8, 4) is 5.75 Å². The molecule has 2 aliphatic rings. The van der Waals surface area contributed by atoms with Gasteiger partial charge in [0.2, 0.25) is 5.91 Å². The van der Waals surface area contributed by atoms with Gasteiger partial charge < -0.3 is 20.3 Å². The molecule has 0 radical (unpaired) electrons. The van der Waals surface area contributed by atoms with Gasteiger partial charge in [0, 0.05) is 39.3 Å². The zero-order valence-electron chi connectivity index (χ0n) is 16.4. The Morgan fingerprint density at radius 1 is 1.22 bits per heavy atom. The van der Waals surface area contributed by atoms with Gasteiger partial charge in [-0.15, -0.1) is 0 Å². The predicted octanol–water partition coefficient (Wildman–Crippen LogP) is 0.926. The number of hydrogen-bond donors (Lipinski definition) is 2. The Balaban J connectivity index is 1.37. The summed E-state index contributed by atoms with van der Waals surface area (Å²) in [6, 6.07) is 10.3. The van der Waals surface area contributed by atoms with Crippen molar-refractivity contribution in [2.24, 2.45) is 4.99 Å². The molecular weight excluding hydrogens is 342 g/mol. The molecule has 0 aromatic heterocycles. The van der Waals surface area contributed by atoms with E-state index in [1.165, 1.54) is 0 Å². The van der Waals surface area contributed by atoms with Crippen molar-refractivity contribution in [3.63, 3.8) is 0 Å². The van der Waals surface area contributed by atoms with Crippen LogP contribution in [0.1, 0.15) is 19.8 Å². The van der Waals surface area contributed by atoms with Crippen LogP contribution in [-0.4, -0.2) is 80.1 Å². The van der Waals surface area contributed by atoms with E-state index in [4.69, 9.17) is 4.74 Å². The summed E-state index contributed by atoms with van der Waals surface area (Å²) in [4.78, 5) is 20.8. The smallest absolute Gasteiger partial charge is 0.234 e. The molecule has 1 saturated heterocycles. The predicted molar refractivity (Wildman–Crippen MR) is 107 cm³/mol. The molecule has 1 saturated carbocycles. The summed E-state index contributed by atoms with van der Waals surface area (Å²) in [5.41, 5.74) is 0.